The molecule has 2 fully saturated rings. The van der Waals surface area contributed by atoms with Gasteiger partial charge in [-0.15, -0.1) is 5.92 Å². The molecule has 4 unspecified atom stereocenters. The molecule has 2 saturated carbocycles. The summed E-state index contributed by atoms with van der Waals surface area (Å²) in [6.45, 7) is 2.41. The first kappa shape index (κ1) is 7.01. The molecule has 3 rings (SSSR count). The van der Waals surface area contributed by atoms with E-state index in [1.807, 2.05) is 0 Å². The highest BCUT2D eigenvalue weighted by Crippen LogP contribution is 2.70. The van der Waals surface area contributed by atoms with Gasteiger partial charge in [-0.05, 0) is 42.9 Å². The van der Waals surface area contributed by atoms with Crippen LogP contribution in [-0.4, -0.2) is 0 Å². The summed E-state index contributed by atoms with van der Waals surface area (Å²) < 4.78 is 0. The molecule has 0 aromatic heterocycles. The lowest BCUT2D eigenvalue weighted by molar-refractivity contribution is 0.354. The average Bonchev–Trinajstić information content (AvgIpc) is 2.90. The molecule has 0 aromatic carbocycles. The summed E-state index contributed by atoms with van der Waals surface area (Å²) >= 11 is 0. The minimum Gasteiger partial charge on any atom is -0.103 e. The van der Waals surface area contributed by atoms with E-state index >= 15 is 0 Å². The summed E-state index contributed by atoms with van der Waals surface area (Å²) in [7, 11) is 0. The Morgan fingerprint density at radius 3 is 2.75 bits per heavy atom. The van der Waals surface area contributed by atoms with Crippen LogP contribution in [0.3, 0.4) is 0 Å². The zero-order valence-electron chi connectivity index (χ0n) is 7.72. The molecular formula is C12H16. The molecule has 0 radical (unpaired) electrons. The van der Waals surface area contributed by atoms with Gasteiger partial charge in [0.1, 0.15) is 0 Å². The molecule has 0 heterocycles. The highest BCUT2D eigenvalue weighted by atomic mass is 14.7. The Morgan fingerprint density at radius 2 is 2.25 bits per heavy atom. The van der Waals surface area contributed by atoms with E-state index in [-0.39, 0.29) is 0 Å². The van der Waals surface area contributed by atoms with Crippen LogP contribution < -0.4 is 0 Å². The third-order valence-corrected chi connectivity index (χ3v) is 4.05. The van der Waals surface area contributed by atoms with Crippen molar-refractivity contribution in [3.05, 3.63) is 0 Å². The van der Waals surface area contributed by atoms with Crippen molar-refractivity contribution in [2.24, 2.45) is 29.6 Å². The van der Waals surface area contributed by atoms with Gasteiger partial charge in [0.2, 0.25) is 0 Å². The van der Waals surface area contributed by atoms with Crippen molar-refractivity contribution < 1.29 is 0 Å². The summed E-state index contributed by atoms with van der Waals surface area (Å²) in [5.41, 5.74) is 0. The Hall–Kier alpha value is -0.440. The lowest BCUT2D eigenvalue weighted by atomic mass is 9.87. The fraction of sp³-hybridized carbons (Fsp3) is 0.833. The number of fused-ring (bicyclic) bond motifs is 1. The van der Waals surface area contributed by atoms with Crippen molar-refractivity contribution in [1.29, 1.82) is 0 Å². The monoisotopic (exact) mass is 160 g/mol. The van der Waals surface area contributed by atoms with Crippen LogP contribution in [0.2, 0.25) is 0 Å². The van der Waals surface area contributed by atoms with Crippen LogP contribution in [0.1, 0.15) is 32.6 Å². The third kappa shape index (κ3) is 0.993. The first-order valence-electron chi connectivity index (χ1n) is 5.34. The van der Waals surface area contributed by atoms with Gasteiger partial charge in [-0.25, -0.2) is 0 Å². The Labute approximate surface area is 74.7 Å². The topological polar surface area (TPSA) is 0 Å². The van der Waals surface area contributed by atoms with Gasteiger partial charge in [-0.1, -0.05) is 12.8 Å². The van der Waals surface area contributed by atoms with E-state index < -0.39 is 0 Å². The van der Waals surface area contributed by atoms with Crippen LogP contribution in [0.5, 0.6) is 0 Å². The van der Waals surface area contributed by atoms with Crippen molar-refractivity contribution >= 4 is 0 Å². The largest absolute Gasteiger partial charge is 0.103 e. The summed E-state index contributed by atoms with van der Waals surface area (Å²) in [6.07, 6.45) is 5.53. The van der Waals surface area contributed by atoms with Crippen molar-refractivity contribution in [2.45, 2.75) is 32.6 Å². The standard InChI is InChI=1S/C12H16/c1-8(9-4-2-3-5-9)6-10-11-7-12(10)11/h8-12H,2,4,6-7H2,1H3/t8?,9?,10?,11-,12?/m0/s1. The minimum atomic E-state index is 0.755. The summed E-state index contributed by atoms with van der Waals surface area (Å²) in [4.78, 5) is 0. The highest BCUT2D eigenvalue weighted by Gasteiger charge is 2.63. The smallest absolute Gasteiger partial charge is 0.0237 e. The molecule has 0 spiro atoms. The maximum Gasteiger partial charge on any atom is 0.0237 e. The van der Waals surface area contributed by atoms with E-state index in [0.717, 1.165) is 24.2 Å². The van der Waals surface area contributed by atoms with Crippen LogP contribution in [0.15, 0.2) is 0 Å². The van der Waals surface area contributed by atoms with E-state index in [1.54, 1.807) is 6.42 Å². The summed E-state index contributed by atoms with van der Waals surface area (Å²) in [5, 5.41) is 0. The molecule has 0 N–H and O–H groups in total. The third-order valence-electron chi connectivity index (χ3n) is 4.05. The fourth-order valence-electron chi connectivity index (χ4n) is 2.79. The predicted octanol–water partition coefficient (Wildman–Crippen LogP) is 2.69. The van der Waals surface area contributed by atoms with Crippen LogP contribution >= 0.6 is 0 Å². The molecule has 0 heteroatoms. The molecule has 64 valence electrons. The van der Waals surface area contributed by atoms with Gasteiger partial charge in [0.25, 0.3) is 0 Å². The summed E-state index contributed by atoms with van der Waals surface area (Å²) in [6, 6.07) is 0. The fourth-order valence-corrected chi connectivity index (χ4v) is 2.79. The van der Waals surface area contributed by atoms with Gasteiger partial charge in [0.05, 0.1) is 0 Å². The lowest BCUT2D eigenvalue weighted by Crippen LogP contribution is -2.10. The van der Waals surface area contributed by atoms with Crippen LogP contribution in [0.25, 0.3) is 0 Å². The molecule has 3 aliphatic carbocycles. The zero-order chi connectivity index (χ0) is 8.13. The molecule has 0 aliphatic heterocycles. The second-order valence-corrected chi connectivity index (χ2v) is 4.91. The first-order valence-corrected chi connectivity index (χ1v) is 5.34. The van der Waals surface area contributed by atoms with E-state index in [4.69, 9.17) is 0 Å². The number of hydrogen-bond acceptors (Lipinski definition) is 0. The normalized spacial score (nSPS) is 49.1. The molecule has 3 aliphatic rings. The molecule has 0 nitrogen and oxygen atoms in total. The molecule has 5 atom stereocenters. The Kier molecular flexibility index (Phi) is 1.33. The van der Waals surface area contributed by atoms with Gasteiger partial charge < -0.3 is 0 Å². The highest BCUT2D eigenvalue weighted by molar-refractivity contribution is 5.15. The Balaban J connectivity index is 1.52. The lowest BCUT2D eigenvalue weighted by Gasteiger charge is -2.17. The Bertz CT molecular complexity index is 247. The van der Waals surface area contributed by atoms with Crippen molar-refractivity contribution in [1.82, 2.24) is 0 Å². The van der Waals surface area contributed by atoms with Crippen molar-refractivity contribution in [2.75, 3.05) is 0 Å². The van der Waals surface area contributed by atoms with Crippen molar-refractivity contribution in [3.8, 4) is 11.8 Å². The van der Waals surface area contributed by atoms with E-state index in [9.17, 15) is 0 Å². The van der Waals surface area contributed by atoms with Gasteiger partial charge in [-0.2, -0.15) is 0 Å². The maximum atomic E-state index is 3.37. The van der Waals surface area contributed by atoms with Crippen LogP contribution in [-0.2, 0) is 0 Å². The molecular weight excluding hydrogens is 144 g/mol. The average molecular weight is 160 g/mol. The van der Waals surface area contributed by atoms with Gasteiger partial charge in [0, 0.05) is 12.3 Å². The van der Waals surface area contributed by atoms with E-state index in [0.29, 0.717) is 0 Å². The maximum absolute atomic E-state index is 3.37. The Morgan fingerprint density at radius 1 is 1.42 bits per heavy atom. The van der Waals surface area contributed by atoms with E-state index in [1.165, 1.54) is 24.7 Å². The number of hydrogen-bond donors (Lipinski definition) is 0. The molecule has 0 amide bonds. The number of rotatable bonds is 3. The van der Waals surface area contributed by atoms with Gasteiger partial charge in [-0.3, -0.25) is 0 Å². The van der Waals surface area contributed by atoms with Crippen LogP contribution in [0.4, 0.5) is 0 Å². The van der Waals surface area contributed by atoms with E-state index in [2.05, 4.69) is 18.8 Å². The quantitative estimate of drug-likeness (QED) is 0.557. The molecule has 12 heavy (non-hydrogen) atoms. The van der Waals surface area contributed by atoms with Crippen LogP contribution in [0, 0.1) is 41.4 Å². The van der Waals surface area contributed by atoms with Crippen molar-refractivity contribution in [3.63, 3.8) is 0 Å². The molecule has 0 aromatic rings. The molecule has 0 bridgehead atoms. The SMILES string of the molecule is CC(CC1C2C[C@@H]12)C1C#CCC1. The first-order chi connectivity index (χ1) is 5.86. The second kappa shape index (κ2) is 2.28. The second-order valence-electron chi connectivity index (χ2n) is 4.91. The summed E-state index contributed by atoms with van der Waals surface area (Å²) in [5.74, 6) is 11.7. The molecule has 0 saturated heterocycles. The van der Waals surface area contributed by atoms with Gasteiger partial charge in [0.15, 0.2) is 0 Å². The predicted molar refractivity (Wildman–Crippen MR) is 49.4 cm³/mol. The zero-order valence-corrected chi connectivity index (χ0v) is 7.72. The minimum absolute atomic E-state index is 0.755. The van der Waals surface area contributed by atoms with Gasteiger partial charge >= 0.3 is 0 Å².